The molecule has 96 valence electrons. The van der Waals surface area contributed by atoms with Gasteiger partial charge in [0.05, 0.1) is 18.2 Å². The summed E-state index contributed by atoms with van der Waals surface area (Å²) in [5.41, 5.74) is 3.60. The number of aromatic nitrogens is 1. The van der Waals surface area contributed by atoms with Gasteiger partial charge in [0.1, 0.15) is 0 Å². The smallest absolute Gasteiger partial charge is 0.255 e. The molecule has 2 aromatic rings. The topological polar surface area (TPSA) is 45.8 Å². The molecule has 2 rings (SSSR count). The van der Waals surface area contributed by atoms with Gasteiger partial charge in [0.2, 0.25) is 0 Å². The average Bonchev–Trinajstić information content (AvgIpc) is 2.42. The second kappa shape index (κ2) is 5.53. The summed E-state index contributed by atoms with van der Waals surface area (Å²) in [6, 6.07) is 13.8. The van der Waals surface area contributed by atoms with Gasteiger partial charge in [-0.15, -0.1) is 0 Å². The van der Waals surface area contributed by atoms with E-state index in [4.69, 9.17) is 5.26 Å². The summed E-state index contributed by atoms with van der Waals surface area (Å²) in [5.74, 6) is 0. The van der Waals surface area contributed by atoms with Crippen molar-refractivity contribution in [1.82, 2.24) is 4.57 Å². The highest BCUT2D eigenvalue weighted by molar-refractivity contribution is 5.60. The molecule has 0 aliphatic heterocycles. The number of hydrogen-bond donors (Lipinski definition) is 0. The van der Waals surface area contributed by atoms with Crippen molar-refractivity contribution in [3.05, 3.63) is 57.9 Å². The lowest BCUT2D eigenvalue weighted by atomic mass is 10.1. The lowest BCUT2D eigenvalue weighted by molar-refractivity contribution is 0.727. The SMILES string of the molecule is CCn1c(-c2ccc(C)cc2)ccc(CC#N)c1=O. The van der Waals surface area contributed by atoms with Crippen molar-refractivity contribution in [1.29, 1.82) is 5.26 Å². The monoisotopic (exact) mass is 252 g/mol. The Kier molecular flexibility index (Phi) is 3.82. The molecule has 0 bridgehead atoms. The van der Waals surface area contributed by atoms with Gasteiger partial charge in [0.15, 0.2) is 0 Å². The minimum absolute atomic E-state index is 0.0675. The quantitative estimate of drug-likeness (QED) is 0.843. The van der Waals surface area contributed by atoms with E-state index >= 15 is 0 Å². The van der Waals surface area contributed by atoms with Crippen LogP contribution < -0.4 is 5.56 Å². The fourth-order valence-electron chi connectivity index (χ4n) is 2.13. The fraction of sp³-hybridized carbons (Fsp3) is 0.250. The third-order valence-electron chi connectivity index (χ3n) is 3.19. The van der Waals surface area contributed by atoms with Crippen LogP contribution in [0.25, 0.3) is 11.3 Å². The predicted octanol–water partition coefficient (Wildman–Crippen LogP) is 2.91. The van der Waals surface area contributed by atoms with Gasteiger partial charge >= 0.3 is 0 Å². The Morgan fingerprint density at radius 2 is 1.84 bits per heavy atom. The Morgan fingerprint density at radius 3 is 2.42 bits per heavy atom. The number of aryl methyl sites for hydroxylation is 1. The molecule has 3 heteroatoms. The molecule has 0 spiro atoms. The van der Waals surface area contributed by atoms with Gasteiger partial charge in [-0.1, -0.05) is 35.9 Å². The van der Waals surface area contributed by atoms with Gasteiger partial charge in [-0.3, -0.25) is 4.79 Å². The van der Waals surface area contributed by atoms with Crippen molar-refractivity contribution in [2.24, 2.45) is 0 Å². The van der Waals surface area contributed by atoms with Crippen molar-refractivity contribution in [3.63, 3.8) is 0 Å². The number of rotatable bonds is 3. The summed E-state index contributed by atoms with van der Waals surface area (Å²) in [4.78, 5) is 12.3. The highest BCUT2D eigenvalue weighted by Gasteiger charge is 2.08. The van der Waals surface area contributed by atoms with Crippen molar-refractivity contribution in [2.75, 3.05) is 0 Å². The molecule has 0 unspecified atom stereocenters. The number of benzene rings is 1. The first kappa shape index (κ1) is 13.1. The Hall–Kier alpha value is -2.34. The third kappa shape index (κ3) is 2.58. The van der Waals surface area contributed by atoms with Crippen LogP contribution in [0.2, 0.25) is 0 Å². The van der Waals surface area contributed by atoms with E-state index in [0.29, 0.717) is 12.1 Å². The molecule has 0 aliphatic carbocycles. The highest BCUT2D eigenvalue weighted by Crippen LogP contribution is 2.19. The van der Waals surface area contributed by atoms with Crippen molar-refractivity contribution >= 4 is 0 Å². The molecule has 1 aromatic heterocycles. The van der Waals surface area contributed by atoms with Gasteiger partial charge < -0.3 is 4.57 Å². The minimum atomic E-state index is -0.0675. The predicted molar refractivity (Wildman–Crippen MR) is 75.9 cm³/mol. The van der Waals surface area contributed by atoms with Gasteiger partial charge in [-0.2, -0.15) is 5.26 Å². The first-order valence-electron chi connectivity index (χ1n) is 6.34. The Bertz CT molecular complexity index is 675. The zero-order chi connectivity index (χ0) is 13.8. The first-order valence-corrected chi connectivity index (χ1v) is 6.34. The number of hydrogen-bond acceptors (Lipinski definition) is 2. The molecule has 0 aliphatic rings. The number of nitriles is 1. The highest BCUT2D eigenvalue weighted by atomic mass is 16.1. The van der Waals surface area contributed by atoms with E-state index in [2.05, 4.69) is 0 Å². The summed E-state index contributed by atoms with van der Waals surface area (Å²) in [5, 5.41) is 8.73. The molecular weight excluding hydrogens is 236 g/mol. The average molecular weight is 252 g/mol. The van der Waals surface area contributed by atoms with E-state index in [1.54, 1.807) is 10.6 Å². The van der Waals surface area contributed by atoms with Crippen molar-refractivity contribution in [3.8, 4) is 17.3 Å². The summed E-state index contributed by atoms with van der Waals surface area (Å²) in [7, 11) is 0. The van der Waals surface area contributed by atoms with Crippen molar-refractivity contribution < 1.29 is 0 Å². The Labute approximate surface area is 112 Å². The van der Waals surface area contributed by atoms with Crippen LogP contribution in [-0.4, -0.2) is 4.57 Å². The van der Waals surface area contributed by atoms with E-state index in [1.165, 1.54) is 5.56 Å². The molecule has 1 aromatic carbocycles. The first-order chi connectivity index (χ1) is 9.17. The van der Waals surface area contributed by atoms with E-state index in [1.807, 2.05) is 50.2 Å². The van der Waals surface area contributed by atoms with E-state index in [-0.39, 0.29) is 12.0 Å². The molecule has 3 nitrogen and oxygen atoms in total. The lowest BCUT2D eigenvalue weighted by Gasteiger charge is -2.12. The molecule has 1 heterocycles. The van der Waals surface area contributed by atoms with Crippen molar-refractivity contribution in [2.45, 2.75) is 26.8 Å². The molecule has 0 saturated carbocycles. The summed E-state index contributed by atoms with van der Waals surface area (Å²) < 4.78 is 1.72. The summed E-state index contributed by atoms with van der Waals surface area (Å²) >= 11 is 0. The van der Waals surface area contributed by atoms with Crippen LogP contribution in [0.3, 0.4) is 0 Å². The number of pyridine rings is 1. The van der Waals surface area contributed by atoms with Crippen LogP contribution >= 0.6 is 0 Å². The maximum absolute atomic E-state index is 12.3. The third-order valence-corrected chi connectivity index (χ3v) is 3.19. The number of nitrogens with zero attached hydrogens (tertiary/aromatic N) is 2. The van der Waals surface area contributed by atoms with Crippen LogP contribution in [0.15, 0.2) is 41.2 Å². The lowest BCUT2D eigenvalue weighted by Crippen LogP contribution is -2.24. The van der Waals surface area contributed by atoms with Gasteiger partial charge in [-0.25, -0.2) is 0 Å². The van der Waals surface area contributed by atoms with E-state index in [0.717, 1.165) is 11.3 Å². The standard InChI is InChI=1S/C16H16N2O/c1-3-18-15(13-6-4-12(2)5-7-13)9-8-14(10-11-17)16(18)19/h4-9H,3,10H2,1-2H3. The Morgan fingerprint density at radius 1 is 1.16 bits per heavy atom. The molecular formula is C16H16N2O. The van der Waals surface area contributed by atoms with Gasteiger partial charge in [0, 0.05) is 12.1 Å². The zero-order valence-corrected chi connectivity index (χ0v) is 11.2. The maximum atomic E-state index is 12.3. The summed E-state index contributed by atoms with van der Waals surface area (Å²) in [6.45, 7) is 4.57. The molecule has 0 N–H and O–H groups in total. The van der Waals surface area contributed by atoms with Crippen LogP contribution in [-0.2, 0) is 13.0 Å². The van der Waals surface area contributed by atoms with Crippen LogP contribution in [0.5, 0.6) is 0 Å². The molecule has 19 heavy (non-hydrogen) atoms. The maximum Gasteiger partial charge on any atom is 0.255 e. The largest absolute Gasteiger partial charge is 0.308 e. The normalized spacial score (nSPS) is 10.2. The fourth-order valence-corrected chi connectivity index (χ4v) is 2.13. The second-order valence-electron chi connectivity index (χ2n) is 4.49. The second-order valence-corrected chi connectivity index (χ2v) is 4.49. The molecule has 0 atom stereocenters. The molecule has 0 saturated heterocycles. The molecule has 0 fully saturated rings. The van der Waals surface area contributed by atoms with E-state index < -0.39 is 0 Å². The molecule has 0 amide bonds. The Balaban J connectivity index is 2.59. The van der Waals surface area contributed by atoms with Crippen LogP contribution in [0, 0.1) is 18.3 Å². The minimum Gasteiger partial charge on any atom is -0.308 e. The van der Waals surface area contributed by atoms with E-state index in [9.17, 15) is 4.79 Å². The molecule has 0 radical (unpaired) electrons. The van der Waals surface area contributed by atoms with Crippen LogP contribution in [0.4, 0.5) is 0 Å². The zero-order valence-electron chi connectivity index (χ0n) is 11.2. The van der Waals surface area contributed by atoms with Gasteiger partial charge in [-0.05, 0) is 25.5 Å². The van der Waals surface area contributed by atoms with Crippen LogP contribution in [0.1, 0.15) is 18.1 Å². The summed E-state index contributed by atoms with van der Waals surface area (Å²) in [6.07, 6.45) is 0.160. The van der Waals surface area contributed by atoms with Gasteiger partial charge in [0.25, 0.3) is 5.56 Å².